The predicted octanol–water partition coefficient (Wildman–Crippen LogP) is 3.06. The molecule has 1 saturated heterocycles. The van der Waals surface area contributed by atoms with Crippen LogP contribution in [0.3, 0.4) is 0 Å². The van der Waals surface area contributed by atoms with Gasteiger partial charge in [-0.15, -0.1) is 11.3 Å². The van der Waals surface area contributed by atoms with Crippen molar-refractivity contribution in [2.45, 2.75) is 32.6 Å². The number of carbonyl (C=O) groups excluding carboxylic acids is 2. The Morgan fingerprint density at radius 3 is 2.56 bits per heavy atom. The molecular formula is C21H26F3N5O2S. The lowest BCUT2D eigenvalue weighted by Crippen LogP contribution is -2.51. The fraction of sp³-hybridized carbons (Fsp3) is 0.476. The average Bonchev–Trinajstić information content (AvgIpc) is 3.19. The Labute approximate surface area is 188 Å². The Morgan fingerprint density at radius 1 is 1.19 bits per heavy atom. The lowest BCUT2D eigenvalue weighted by molar-refractivity contribution is -0.137. The van der Waals surface area contributed by atoms with Crippen molar-refractivity contribution in [1.29, 1.82) is 0 Å². The molecular weight excluding hydrogens is 443 g/mol. The third-order valence-corrected chi connectivity index (χ3v) is 5.68. The maximum absolute atomic E-state index is 12.8. The first-order valence-corrected chi connectivity index (χ1v) is 11.2. The summed E-state index contributed by atoms with van der Waals surface area (Å²) >= 11 is 1.39. The maximum Gasteiger partial charge on any atom is 0.416 e. The molecule has 2 heterocycles. The van der Waals surface area contributed by atoms with Gasteiger partial charge in [-0.3, -0.25) is 14.5 Å². The Morgan fingerprint density at radius 2 is 1.91 bits per heavy atom. The third-order valence-electron chi connectivity index (χ3n) is 4.91. The van der Waals surface area contributed by atoms with Gasteiger partial charge in [-0.2, -0.15) is 13.2 Å². The van der Waals surface area contributed by atoms with Crippen molar-refractivity contribution < 1.29 is 22.8 Å². The Bertz CT molecular complexity index is 940. The number of piperazine rings is 1. The molecule has 0 spiro atoms. The van der Waals surface area contributed by atoms with E-state index >= 15 is 0 Å². The van der Waals surface area contributed by atoms with E-state index in [9.17, 15) is 22.8 Å². The highest BCUT2D eigenvalue weighted by atomic mass is 32.1. The lowest BCUT2D eigenvalue weighted by atomic mass is 10.1. The SMILES string of the molecule is CC(C)Nc1nc(C(=O)N2CCN(CC(=O)NCc3cccc(C(F)(F)F)c3)CC2)cs1. The zero-order valence-electron chi connectivity index (χ0n) is 17.9. The highest BCUT2D eigenvalue weighted by molar-refractivity contribution is 7.13. The number of thiazole rings is 1. The molecule has 1 aliphatic rings. The Hall–Kier alpha value is -2.66. The molecule has 0 saturated carbocycles. The molecule has 11 heteroatoms. The highest BCUT2D eigenvalue weighted by Gasteiger charge is 2.30. The van der Waals surface area contributed by atoms with Gasteiger partial charge in [-0.05, 0) is 31.5 Å². The molecule has 1 aliphatic heterocycles. The van der Waals surface area contributed by atoms with Crippen LogP contribution in [0, 0.1) is 0 Å². The Kier molecular flexibility index (Phi) is 7.73. The molecule has 3 rings (SSSR count). The van der Waals surface area contributed by atoms with Crippen molar-refractivity contribution in [1.82, 2.24) is 20.1 Å². The van der Waals surface area contributed by atoms with E-state index in [1.165, 1.54) is 17.4 Å². The largest absolute Gasteiger partial charge is 0.416 e. The summed E-state index contributed by atoms with van der Waals surface area (Å²) in [4.78, 5) is 32.8. The van der Waals surface area contributed by atoms with Gasteiger partial charge in [-0.1, -0.05) is 12.1 Å². The van der Waals surface area contributed by atoms with Crippen LogP contribution in [0.4, 0.5) is 18.3 Å². The van der Waals surface area contributed by atoms with Crippen LogP contribution in [0.15, 0.2) is 29.6 Å². The zero-order valence-corrected chi connectivity index (χ0v) is 18.7. The van der Waals surface area contributed by atoms with Gasteiger partial charge < -0.3 is 15.5 Å². The number of benzene rings is 1. The van der Waals surface area contributed by atoms with Crippen LogP contribution in [0.2, 0.25) is 0 Å². The summed E-state index contributed by atoms with van der Waals surface area (Å²) < 4.78 is 38.4. The molecule has 0 aliphatic carbocycles. The topological polar surface area (TPSA) is 77.6 Å². The van der Waals surface area contributed by atoms with Gasteiger partial charge in [-0.25, -0.2) is 4.98 Å². The molecule has 32 heavy (non-hydrogen) atoms. The van der Waals surface area contributed by atoms with Crippen molar-refractivity contribution >= 4 is 28.3 Å². The summed E-state index contributed by atoms with van der Waals surface area (Å²) in [5, 5.41) is 8.28. The maximum atomic E-state index is 12.8. The van der Waals surface area contributed by atoms with E-state index in [4.69, 9.17) is 0 Å². The van der Waals surface area contributed by atoms with E-state index in [1.807, 2.05) is 18.7 Å². The number of rotatable bonds is 7. The molecule has 0 unspecified atom stereocenters. The number of anilines is 1. The van der Waals surface area contributed by atoms with Gasteiger partial charge in [0.2, 0.25) is 5.91 Å². The van der Waals surface area contributed by atoms with Gasteiger partial charge in [0.15, 0.2) is 5.13 Å². The van der Waals surface area contributed by atoms with Crippen molar-refractivity contribution in [3.63, 3.8) is 0 Å². The normalized spacial score (nSPS) is 15.1. The minimum Gasteiger partial charge on any atom is -0.359 e. The van der Waals surface area contributed by atoms with E-state index in [0.717, 1.165) is 12.1 Å². The second kappa shape index (κ2) is 10.3. The molecule has 0 radical (unpaired) electrons. The van der Waals surface area contributed by atoms with Crippen LogP contribution in [0.1, 0.15) is 35.5 Å². The number of amides is 2. The summed E-state index contributed by atoms with van der Waals surface area (Å²) in [6, 6.07) is 5.13. The predicted molar refractivity (Wildman–Crippen MR) is 117 cm³/mol. The molecule has 0 atom stereocenters. The number of hydrogen-bond acceptors (Lipinski definition) is 6. The van der Waals surface area contributed by atoms with Crippen LogP contribution in [-0.2, 0) is 17.5 Å². The molecule has 2 amide bonds. The molecule has 1 aromatic carbocycles. The number of hydrogen-bond donors (Lipinski definition) is 2. The van der Waals surface area contributed by atoms with Gasteiger partial charge in [0.05, 0.1) is 12.1 Å². The summed E-state index contributed by atoms with van der Waals surface area (Å²) in [5.41, 5.74) is 0.0564. The number of aromatic nitrogens is 1. The fourth-order valence-corrected chi connectivity index (χ4v) is 4.11. The van der Waals surface area contributed by atoms with E-state index in [0.29, 0.717) is 42.6 Å². The number of carbonyl (C=O) groups is 2. The second-order valence-corrected chi connectivity index (χ2v) is 8.74. The first-order valence-electron chi connectivity index (χ1n) is 10.3. The van der Waals surface area contributed by atoms with Crippen LogP contribution in [-0.4, -0.2) is 65.4 Å². The van der Waals surface area contributed by atoms with Crippen LogP contribution in [0.5, 0.6) is 0 Å². The molecule has 0 bridgehead atoms. The molecule has 174 valence electrons. The molecule has 7 nitrogen and oxygen atoms in total. The number of nitrogens with one attached hydrogen (secondary N) is 2. The van der Waals surface area contributed by atoms with Crippen LogP contribution < -0.4 is 10.6 Å². The van der Waals surface area contributed by atoms with Gasteiger partial charge >= 0.3 is 6.18 Å². The molecule has 1 fully saturated rings. The minimum atomic E-state index is -4.41. The molecule has 1 aromatic heterocycles. The van der Waals surface area contributed by atoms with E-state index < -0.39 is 11.7 Å². The first-order chi connectivity index (χ1) is 15.1. The number of alkyl halides is 3. The second-order valence-electron chi connectivity index (χ2n) is 7.88. The highest BCUT2D eigenvalue weighted by Crippen LogP contribution is 2.29. The lowest BCUT2D eigenvalue weighted by Gasteiger charge is -2.33. The van der Waals surface area contributed by atoms with Gasteiger partial charge in [0.25, 0.3) is 5.91 Å². The molecule has 2 N–H and O–H groups in total. The summed E-state index contributed by atoms with van der Waals surface area (Å²) in [5.74, 6) is -0.405. The summed E-state index contributed by atoms with van der Waals surface area (Å²) in [7, 11) is 0. The van der Waals surface area contributed by atoms with Gasteiger partial charge in [0, 0.05) is 44.1 Å². The minimum absolute atomic E-state index is 0.0256. The number of nitrogens with zero attached hydrogens (tertiary/aromatic N) is 3. The van der Waals surface area contributed by atoms with Crippen molar-refractivity contribution in [3.8, 4) is 0 Å². The van der Waals surface area contributed by atoms with E-state index in [-0.39, 0.29) is 30.9 Å². The van der Waals surface area contributed by atoms with E-state index in [1.54, 1.807) is 16.3 Å². The van der Waals surface area contributed by atoms with Crippen LogP contribution in [0.25, 0.3) is 0 Å². The van der Waals surface area contributed by atoms with Crippen molar-refractivity contribution in [3.05, 3.63) is 46.5 Å². The van der Waals surface area contributed by atoms with Crippen molar-refractivity contribution in [2.75, 3.05) is 38.0 Å². The number of halogens is 3. The first kappa shape index (κ1) is 24.0. The third kappa shape index (κ3) is 6.67. The van der Waals surface area contributed by atoms with Crippen LogP contribution >= 0.6 is 11.3 Å². The quantitative estimate of drug-likeness (QED) is 0.652. The molecule has 2 aromatic rings. The van der Waals surface area contributed by atoms with Crippen molar-refractivity contribution in [2.24, 2.45) is 0 Å². The Balaban J connectivity index is 1.43. The van der Waals surface area contributed by atoms with E-state index in [2.05, 4.69) is 15.6 Å². The summed E-state index contributed by atoms with van der Waals surface area (Å²) in [6.45, 7) is 6.16. The average molecular weight is 470 g/mol. The monoisotopic (exact) mass is 469 g/mol. The standard InChI is InChI=1S/C21H26F3N5O2S/c1-14(2)26-20-27-17(13-32-20)19(31)29-8-6-28(7-9-29)12-18(30)25-11-15-4-3-5-16(10-15)21(22,23)24/h3-5,10,13-14H,6-9,11-12H2,1-2H3,(H,25,30)(H,26,27). The van der Waals surface area contributed by atoms with Gasteiger partial charge in [0.1, 0.15) is 5.69 Å². The summed E-state index contributed by atoms with van der Waals surface area (Å²) in [6.07, 6.45) is -4.41. The fourth-order valence-electron chi connectivity index (χ4n) is 3.27. The zero-order chi connectivity index (χ0) is 23.3. The smallest absolute Gasteiger partial charge is 0.359 e.